The molecule has 1 aromatic heterocycles. The van der Waals surface area contributed by atoms with E-state index in [0.717, 1.165) is 30.3 Å². The third kappa shape index (κ3) is 1.65. The van der Waals surface area contributed by atoms with Gasteiger partial charge < -0.3 is 10.3 Å². The van der Waals surface area contributed by atoms with Crippen LogP contribution in [0.2, 0.25) is 0 Å². The molecule has 0 spiro atoms. The van der Waals surface area contributed by atoms with Crippen molar-refractivity contribution in [1.29, 1.82) is 0 Å². The maximum atomic E-state index is 13.3. The highest BCUT2D eigenvalue weighted by Crippen LogP contribution is 2.33. The lowest BCUT2D eigenvalue weighted by Gasteiger charge is -2.12. The van der Waals surface area contributed by atoms with Gasteiger partial charge in [0.05, 0.1) is 0 Å². The summed E-state index contributed by atoms with van der Waals surface area (Å²) in [5.41, 5.74) is 9.73. The number of hydrogen-bond acceptors (Lipinski definition) is 1. The van der Waals surface area contributed by atoms with Gasteiger partial charge in [-0.3, -0.25) is 0 Å². The second kappa shape index (κ2) is 3.84. The molecule has 3 rings (SSSR count). The zero-order valence-electron chi connectivity index (χ0n) is 10.0. The van der Waals surface area contributed by atoms with E-state index in [4.69, 9.17) is 5.73 Å². The van der Waals surface area contributed by atoms with Gasteiger partial charge >= 0.3 is 0 Å². The number of nitrogens with two attached hydrogens (primary N) is 1. The number of nitrogens with zero attached hydrogens (tertiary/aromatic N) is 1. The highest BCUT2D eigenvalue weighted by molar-refractivity contribution is 5.86. The molecule has 17 heavy (non-hydrogen) atoms. The van der Waals surface area contributed by atoms with E-state index in [1.165, 1.54) is 23.7 Å². The number of aryl methyl sites for hydroxylation is 1. The molecule has 0 bridgehead atoms. The number of rotatable bonds is 2. The minimum absolute atomic E-state index is 0.125. The average Bonchev–Trinajstić information content (AvgIpc) is 2.82. The third-order valence-electron chi connectivity index (χ3n) is 3.56. The summed E-state index contributed by atoms with van der Waals surface area (Å²) in [4.78, 5) is 0. The third-order valence-corrected chi connectivity index (χ3v) is 3.56. The number of benzene rings is 1. The summed E-state index contributed by atoms with van der Waals surface area (Å²) in [6.45, 7) is 2.83. The molecule has 0 aliphatic heterocycles. The normalized spacial score (nSPS) is 16.4. The molecular formula is C14H17FN2. The minimum Gasteiger partial charge on any atom is -0.343 e. The first-order chi connectivity index (χ1) is 8.16. The van der Waals surface area contributed by atoms with Crippen LogP contribution in [0.5, 0.6) is 0 Å². The second-order valence-corrected chi connectivity index (χ2v) is 5.03. The summed E-state index contributed by atoms with van der Waals surface area (Å²) in [5, 5.41) is 1.08. The summed E-state index contributed by atoms with van der Waals surface area (Å²) in [6.07, 6.45) is 3.34. The first-order valence-electron chi connectivity index (χ1n) is 6.22. The smallest absolute Gasteiger partial charge is 0.123 e. The van der Waals surface area contributed by atoms with Crippen LogP contribution in [0, 0.1) is 5.82 Å². The Kier molecular flexibility index (Phi) is 2.44. The summed E-state index contributed by atoms with van der Waals surface area (Å²) in [6, 6.07) is 5.21. The van der Waals surface area contributed by atoms with Crippen LogP contribution in [-0.2, 0) is 19.4 Å². The van der Waals surface area contributed by atoms with Gasteiger partial charge in [0.15, 0.2) is 0 Å². The molecule has 0 radical (unpaired) electrons. The van der Waals surface area contributed by atoms with Crippen LogP contribution in [0.3, 0.4) is 0 Å². The molecule has 90 valence electrons. The summed E-state index contributed by atoms with van der Waals surface area (Å²) < 4.78 is 15.6. The average molecular weight is 232 g/mol. The Morgan fingerprint density at radius 1 is 1.41 bits per heavy atom. The van der Waals surface area contributed by atoms with Crippen LogP contribution in [0.15, 0.2) is 18.2 Å². The number of halogens is 1. The molecule has 2 aromatic rings. The van der Waals surface area contributed by atoms with Crippen molar-refractivity contribution < 1.29 is 4.39 Å². The fourth-order valence-electron chi connectivity index (χ4n) is 2.94. The van der Waals surface area contributed by atoms with Crippen molar-refractivity contribution in [3.63, 3.8) is 0 Å². The van der Waals surface area contributed by atoms with Gasteiger partial charge in [0.1, 0.15) is 5.82 Å². The van der Waals surface area contributed by atoms with Gasteiger partial charge in [-0.1, -0.05) is 0 Å². The van der Waals surface area contributed by atoms with Gasteiger partial charge in [0, 0.05) is 29.2 Å². The molecular weight excluding hydrogens is 215 g/mol. The maximum absolute atomic E-state index is 13.3. The Morgan fingerprint density at radius 2 is 2.24 bits per heavy atom. The van der Waals surface area contributed by atoms with Gasteiger partial charge in [-0.05, 0) is 49.9 Å². The standard InChI is InChI=1S/C14H17FN2/c1-9(16)8-17-13-4-2-3-11(13)12-7-10(15)5-6-14(12)17/h5-7,9H,2-4,8,16H2,1H3/t9-/m0/s1. The molecule has 1 heterocycles. The molecule has 1 aliphatic carbocycles. The fourth-order valence-corrected chi connectivity index (χ4v) is 2.94. The van der Waals surface area contributed by atoms with E-state index in [9.17, 15) is 4.39 Å². The highest BCUT2D eigenvalue weighted by Gasteiger charge is 2.21. The largest absolute Gasteiger partial charge is 0.343 e. The highest BCUT2D eigenvalue weighted by atomic mass is 19.1. The maximum Gasteiger partial charge on any atom is 0.123 e. The molecule has 1 aromatic carbocycles. The lowest BCUT2D eigenvalue weighted by atomic mass is 10.1. The van der Waals surface area contributed by atoms with Crippen molar-refractivity contribution in [2.75, 3.05) is 0 Å². The lowest BCUT2D eigenvalue weighted by molar-refractivity contribution is 0.587. The van der Waals surface area contributed by atoms with E-state index < -0.39 is 0 Å². The van der Waals surface area contributed by atoms with E-state index in [-0.39, 0.29) is 11.9 Å². The van der Waals surface area contributed by atoms with Crippen molar-refractivity contribution in [3.8, 4) is 0 Å². The monoisotopic (exact) mass is 232 g/mol. The van der Waals surface area contributed by atoms with Crippen molar-refractivity contribution in [1.82, 2.24) is 4.57 Å². The topological polar surface area (TPSA) is 30.9 Å². The molecule has 2 nitrogen and oxygen atoms in total. The van der Waals surface area contributed by atoms with Crippen molar-refractivity contribution in [2.45, 2.75) is 38.8 Å². The Balaban J connectivity index is 2.26. The molecule has 1 atom stereocenters. The molecule has 0 saturated carbocycles. The van der Waals surface area contributed by atoms with Gasteiger partial charge in [-0.25, -0.2) is 4.39 Å². The van der Waals surface area contributed by atoms with Crippen LogP contribution in [0.4, 0.5) is 4.39 Å². The zero-order valence-corrected chi connectivity index (χ0v) is 10.0. The van der Waals surface area contributed by atoms with Gasteiger partial charge in [-0.15, -0.1) is 0 Å². The van der Waals surface area contributed by atoms with Gasteiger partial charge in [0.2, 0.25) is 0 Å². The molecule has 3 heteroatoms. The van der Waals surface area contributed by atoms with Gasteiger partial charge in [0.25, 0.3) is 0 Å². The Hall–Kier alpha value is -1.35. The SMILES string of the molecule is C[C@H](N)Cn1c2c(c3cc(F)ccc31)CCC2. The lowest BCUT2D eigenvalue weighted by Crippen LogP contribution is -2.23. The Bertz CT molecular complexity index is 569. The summed E-state index contributed by atoms with van der Waals surface area (Å²) >= 11 is 0. The minimum atomic E-state index is -0.148. The molecule has 0 unspecified atom stereocenters. The van der Waals surface area contributed by atoms with E-state index in [1.54, 1.807) is 6.07 Å². The predicted octanol–water partition coefficient (Wildman–Crippen LogP) is 2.62. The number of fused-ring (bicyclic) bond motifs is 3. The van der Waals surface area contributed by atoms with E-state index in [0.29, 0.717) is 0 Å². The van der Waals surface area contributed by atoms with Crippen LogP contribution in [0.25, 0.3) is 10.9 Å². The predicted molar refractivity (Wildman–Crippen MR) is 67.6 cm³/mol. The van der Waals surface area contributed by atoms with Crippen LogP contribution >= 0.6 is 0 Å². The molecule has 0 amide bonds. The van der Waals surface area contributed by atoms with Crippen molar-refractivity contribution in [2.24, 2.45) is 5.73 Å². The van der Waals surface area contributed by atoms with Crippen molar-refractivity contribution in [3.05, 3.63) is 35.3 Å². The van der Waals surface area contributed by atoms with E-state index in [1.807, 2.05) is 13.0 Å². The second-order valence-electron chi connectivity index (χ2n) is 5.03. The summed E-state index contributed by atoms with van der Waals surface area (Å²) in [5.74, 6) is -0.148. The molecule has 0 fully saturated rings. The number of aromatic nitrogens is 1. The first-order valence-corrected chi connectivity index (χ1v) is 6.22. The van der Waals surface area contributed by atoms with Gasteiger partial charge in [-0.2, -0.15) is 0 Å². The zero-order chi connectivity index (χ0) is 12.0. The van der Waals surface area contributed by atoms with E-state index >= 15 is 0 Å². The van der Waals surface area contributed by atoms with E-state index in [2.05, 4.69) is 4.57 Å². The molecule has 2 N–H and O–H groups in total. The van der Waals surface area contributed by atoms with Crippen molar-refractivity contribution >= 4 is 10.9 Å². The molecule has 0 saturated heterocycles. The van der Waals surface area contributed by atoms with Crippen LogP contribution < -0.4 is 5.73 Å². The van der Waals surface area contributed by atoms with Crippen LogP contribution in [0.1, 0.15) is 24.6 Å². The Labute approximate surface area is 100 Å². The van der Waals surface area contributed by atoms with Crippen LogP contribution in [-0.4, -0.2) is 10.6 Å². The summed E-state index contributed by atoms with van der Waals surface area (Å²) in [7, 11) is 0. The quantitative estimate of drug-likeness (QED) is 0.847. The fraction of sp³-hybridized carbons (Fsp3) is 0.429. The molecule has 1 aliphatic rings. The Morgan fingerprint density at radius 3 is 3.00 bits per heavy atom. The number of hydrogen-bond donors (Lipinski definition) is 1. The first kappa shape index (κ1) is 10.8.